The third kappa shape index (κ3) is 3.90. The van der Waals surface area contributed by atoms with Crippen molar-refractivity contribution in [1.29, 1.82) is 0 Å². The van der Waals surface area contributed by atoms with Crippen LogP contribution in [0.15, 0.2) is 91.0 Å². The molecule has 0 fully saturated rings. The van der Waals surface area contributed by atoms with Crippen molar-refractivity contribution in [3.05, 3.63) is 108 Å². The first-order valence-corrected chi connectivity index (χ1v) is 9.80. The van der Waals surface area contributed by atoms with Crippen LogP contribution in [0.3, 0.4) is 0 Å². The number of carbonyl (C=O) groups excluding carboxylic acids is 1. The van der Waals surface area contributed by atoms with Gasteiger partial charge in [-0.05, 0) is 35.1 Å². The minimum atomic E-state index is -0.917. The molecule has 1 aliphatic rings. The van der Waals surface area contributed by atoms with Crippen LogP contribution in [0.25, 0.3) is 11.1 Å². The van der Waals surface area contributed by atoms with Gasteiger partial charge in [0.2, 0.25) is 0 Å². The van der Waals surface area contributed by atoms with Crippen LogP contribution < -0.4 is 0 Å². The van der Waals surface area contributed by atoms with Crippen molar-refractivity contribution < 1.29 is 14.7 Å². The van der Waals surface area contributed by atoms with Gasteiger partial charge in [0.25, 0.3) is 0 Å². The number of allylic oxidation sites excluding steroid dienone is 2. The van der Waals surface area contributed by atoms with Crippen LogP contribution in [0, 0.1) is 11.8 Å². The number of carbonyl (C=O) groups is 2. The second-order valence-electron chi connectivity index (χ2n) is 7.38. The lowest BCUT2D eigenvalue weighted by Crippen LogP contribution is -2.33. The van der Waals surface area contributed by atoms with E-state index in [1.54, 1.807) is 12.1 Å². The lowest BCUT2D eigenvalue weighted by Gasteiger charge is -2.32. The molecule has 4 rings (SSSR count). The molecule has 0 heterocycles. The third-order valence-electron chi connectivity index (χ3n) is 5.65. The van der Waals surface area contributed by atoms with Gasteiger partial charge in [-0.25, -0.2) is 0 Å². The maximum atomic E-state index is 13.2. The normalized spacial score (nSPS) is 19.0. The van der Waals surface area contributed by atoms with Crippen LogP contribution in [-0.4, -0.2) is 16.9 Å². The Kier molecular flexibility index (Phi) is 5.39. The van der Waals surface area contributed by atoms with E-state index in [0.29, 0.717) is 18.4 Å². The quantitative estimate of drug-likeness (QED) is 0.585. The van der Waals surface area contributed by atoms with Gasteiger partial charge in [-0.3, -0.25) is 9.59 Å². The monoisotopic (exact) mass is 382 g/mol. The van der Waals surface area contributed by atoms with E-state index in [-0.39, 0.29) is 5.78 Å². The van der Waals surface area contributed by atoms with Crippen LogP contribution in [0.4, 0.5) is 0 Å². The van der Waals surface area contributed by atoms with Crippen molar-refractivity contribution in [3.63, 3.8) is 0 Å². The first-order valence-electron chi connectivity index (χ1n) is 9.80. The maximum absolute atomic E-state index is 13.2. The van der Waals surface area contributed by atoms with Gasteiger partial charge in [-0.2, -0.15) is 0 Å². The lowest BCUT2D eigenvalue weighted by molar-refractivity contribution is -0.143. The van der Waals surface area contributed by atoms with E-state index in [2.05, 4.69) is 0 Å². The molecule has 3 aromatic carbocycles. The Balaban J connectivity index is 1.83. The Labute approximate surface area is 170 Å². The van der Waals surface area contributed by atoms with Gasteiger partial charge in [-0.1, -0.05) is 91.0 Å². The minimum absolute atomic E-state index is 0.0986. The van der Waals surface area contributed by atoms with Crippen LogP contribution >= 0.6 is 0 Å². The van der Waals surface area contributed by atoms with E-state index >= 15 is 0 Å². The molecule has 0 aromatic heterocycles. The van der Waals surface area contributed by atoms with Crippen LogP contribution in [0.2, 0.25) is 0 Å². The van der Waals surface area contributed by atoms with Crippen LogP contribution in [0.5, 0.6) is 0 Å². The topological polar surface area (TPSA) is 54.4 Å². The summed E-state index contributed by atoms with van der Waals surface area (Å²) in [6.45, 7) is 0. The highest BCUT2D eigenvalue weighted by atomic mass is 16.4. The molecule has 1 N–H and O–H groups in total. The van der Waals surface area contributed by atoms with E-state index in [0.717, 1.165) is 22.3 Å². The number of benzene rings is 3. The zero-order valence-electron chi connectivity index (χ0n) is 16.0. The fourth-order valence-corrected chi connectivity index (χ4v) is 4.18. The standard InChI is InChI=1S/C26H22O3/c27-25(20-14-8-3-9-15-20)23-16-21(18-10-4-1-5-11-18)22(17-24(23)26(28)29)19-12-6-2-7-13-19/h1-15,23-24H,16-17H2,(H,28,29). The van der Waals surface area contributed by atoms with Crippen molar-refractivity contribution in [2.24, 2.45) is 11.8 Å². The molecule has 3 heteroatoms. The zero-order chi connectivity index (χ0) is 20.2. The molecule has 0 saturated heterocycles. The SMILES string of the molecule is O=C(O)C1CC(c2ccccc2)=C(c2ccccc2)CC1C(=O)c1ccccc1. The molecule has 0 radical (unpaired) electrons. The predicted octanol–water partition coefficient (Wildman–Crippen LogP) is 5.59. The fourth-order valence-electron chi connectivity index (χ4n) is 4.18. The molecule has 0 amide bonds. The van der Waals surface area contributed by atoms with E-state index in [4.69, 9.17) is 0 Å². The molecule has 0 bridgehead atoms. The van der Waals surface area contributed by atoms with Gasteiger partial charge in [0.1, 0.15) is 0 Å². The summed E-state index contributed by atoms with van der Waals surface area (Å²) in [7, 11) is 0. The van der Waals surface area contributed by atoms with Crippen molar-refractivity contribution >= 4 is 22.9 Å². The number of carboxylic acids is 1. The largest absolute Gasteiger partial charge is 0.481 e. The summed E-state index contributed by atoms with van der Waals surface area (Å²) in [4.78, 5) is 25.4. The molecule has 2 unspecified atom stereocenters. The average molecular weight is 382 g/mol. The van der Waals surface area contributed by atoms with Crippen molar-refractivity contribution in [2.45, 2.75) is 12.8 Å². The maximum Gasteiger partial charge on any atom is 0.307 e. The Morgan fingerprint density at radius 3 is 1.48 bits per heavy atom. The number of ketones is 1. The molecular weight excluding hydrogens is 360 g/mol. The molecule has 3 aromatic rings. The minimum Gasteiger partial charge on any atom is -0.481 e. The number of hydrogen-bond donors (Lipinski definition) is 1. The highest BCUT2D eigenvalue weighted by Crippen LogP contribution is 2.44. The van der Waals surface area contributed by atoms with Crippen molar-refractivity contribution in [2.75, 3.05) is 0 Å². The summed E-state index contributed by atoms with van der Waals surface area (Å²) in [6.07, 6.45) is 0.756. The van der Waals surface area contributed by atoms with Crippen molar-refractivity contribution in [1.82, 2.24) is 0 Å². The van der Waals surface area contributed by atoms with Gasteiger partial charge >= 0.3 is 5.97 Å². The summed E-state index contributed by atoms with van der Waals surface area (Å²) in [5, 5.41) is 9.95. The first-order chi connectivity index (χ1) is 14.1. The fraction of sp³-hybridized carbons (Fsp3) is 0.154. The number of aliphatic carboxylic acids is 1. The first kappa shape index (κ1) is 18.9. The Morgan fingerprint density at radius 1 is 0.621 bits per heavy atom. The molecule has 0 saturated carbocycles. The highest BCUT2D eigenvalue weighted by molar-refractivity contribution is 6.04. The molecule has 1 aliphatic carbocycles. The van der Waals surface area contributed by atoms with Gasteiger partial charge in [0, 0.05) is 11.5 Å². The van der Waals surface area contributed by atoms with E-state index in [1.807, 2.05) is 78.9 Å². The number of Topliss-reactive ketones (excluding diaryl/α,β-unsaturated/α-hetero) is 1. The van der Waals surface area contributed by atoms with Gasteiger partial charge in [0.15, 0.2) is 5.78 Å². The van der Waals surface area contributed by atoms with E-state index < -0.39 is 17.8 Å². The zero-order valence-corrected chi connectivity index (χ0v) is 16.0. The third-order valence-corrected chi connectivity index (χ3v) is 5.65. The number of rotatable bonds is 5. The number of carboxylic acid groups (broad SMARTS) is 1. The molecular formula is C26H22O3. The summed E-state index contributed by atoms with van der Waals surface area (Å²) in [6, 6.07) is 28.9. The summed E-state index contributed by atoms with van der Waals surface area (Å²) < 4.78 is 0. The highest BCUT2D eigenvalue weighted by Gasteiger charge is 2.39. The number of hydrogen-bond acceptors (Lipinski definition) is 2. The van der Waals surface area contributed by atoms with Gasteiger partial charge in [0.05, 0.1) is 5.92 Å². The van der Waals surface area contributed by atoms with E-state index in [1.165, 1.54) is 0 Å². The van der Waals surface area contributed by atoms with Gasteiger partial charge < -0.3 is 5.11 Å². The molecule has 0 aliphatic heterocycles. The predicted molar refractivity (Wildman–Crippen MR) is 114 cm³/mol. The van der Waals surface area contributed by atoms with Crippen LogP contribution in [-0.2, 0) is 4.79 Å². The molecule has 0 spiro atoms. The Bertz CT molecular complexity index is 1040. The molecule has 29 heavy (non-hydrogen) atoms. The second kappa shape index (κ2) is 8.27. The van der Waals surface area contributed by atoms with E-state index in [9.17, 15) is 14.7 Å². The smallest absolute Gasteiger partial charge is 0.307 e. The van der Waals surface area contributed by atoms with Crippen LogP contribution in [0.1, 0.15) is 34.3 Å². The molecule has 144 valence electrons. The summed E-state index contributed by atoms with van der Waals surface area (Å²) >= 11 is 0. The average Bonchev–Trinajstić information content (AvgIpc) is 2.79. The Hall–Kier alpha value is -3.46. The molecule has 2 atom stereocenters. The second-order valence-corrected chi connectivity index (χ2v) is 7.38. The Morgan fingerprint density at radius 2 is 1.03 bits per heavy atom. The van der Waals surface area contributed by atoms with Crippen molar-refractivity contribution in [3.8, 4) is 0 Å². The summed E-state index contributed by atoms with van der Waals surface area (Å²) in [5.41, 5.74) is 4.70. The molecule has 3 nitrogen and oxygen atoms in total. The lowest BCUT2D eigenvalue weighted by atomic mass is 9.70. The van der Waals surface area contributed by atoms with Gasteiger partial charge in [-0.15, -0.1) is 0 Å². The summed E-state index contributed by atoms with van der Waals surface area (Å²) in [5.74, 6) is -2.35.